The van der Waals surface area contributed by atoms with Crippen LogP contribution in [-0.4, -0.2) is 50.8 Å². The van der Waals surface area contributed by atoms with Gasteiger partial charge in [-0.05, 0) is 31.9 Å². The van der Waals surface area contributed by atoms with Crippen molar-refractivity contribution in [2.45, 2.75) is 31.8 Å². The molecule has 0 aliphatic carbocycles. The van der Waals surface area contributed by atoms with Gasteiger partial charge < -0.3 is 10.2 Å². The lowest BCUT2D eigenvalue weighted by molar-refractivity contribution is -0.122. The number of carbonyl (C=O) groups is 1. The van der Waals surface area contributed by atoms with Gasteiger partial charge in [0.1, 0.15) is 6.04 Å². The molecule has 2 N–H and O–H groups in total. The minimum atomic E-state index is -0.448. The number of hydrogen-bond acceptors (Lipinski definition) is 7. The number of thioether (sulfide) groups is 1. The largest absolute Gasteiger partial charge is 0.346 e. The number of aromatic amines is 1. The first-order valence-corrected chi connectivity index (χ1v) is 10.4. The summed E-state index contributed by atoms with van der Waals surface area (Å²) in [6.07, 6.45) is 5.61. The fraction of sp³-hybridized carbons (Fsp3) is 0.421. The van der Waals surface area contributed by atoms with E-state index >= 15 is 0 Å². The summed E-state index contributed by atoms with van der Waals surface area (Å²) in [5.74, 6) is 1.02. The maximum Gasteiger partial charge on any atom is 0.252 e. The van der Waals surface area contributed by atoms with Crippen LogP contribution in [-0.2, 0) is 4.79 Å². The van der Waals surface area contributed by atoms with Crippen LogP contribution in [0.15, 0.2) is 40.4 Å². The van der Waals surface area contributed by atoms with Crippen LogP contribution in [0.1, 0.15) is 37.1 Å². The van der Waals surface area contributed by atoms with E-state index in [1.165, 1.54) is 6.07 Å². The van der Waals surface area contributed by atoms with Crippen molar-refractivity contribution in [1.29, 1.82) is 0 Å². The van der Waals surface area contributed by atoms with Crippen molar-refractivity contribution in [3.05, 3.63) is 52.2 Å². The molecular formula is C19H22N6O2S. The number of H-pyrrole nitrogens is 1. The van der Waals surface area contributed by atoms with Crippen LogP contribution in [0, 0.1) is 0 Å². The number of rotatable bonds is 5. The molecule has 28 heavy (non-hydrogen) atoms. The van der Waals surface area contributed by atoms with Gasteiger partial charge in [0.15, 0.2) is 0 Å². The molecule has 0 unspecified atom stereocenters. The highest BCUT2D eigenvalue weighted by atomic mass is 32.2. The van der Waals surface area contributed by atoms with Gasteiger partial charge in [-0.2, -0.15) is 0 Å². The van der Waals surface area contributed by atoms with Gasteiger partial charge in [0.05, 0.1) is 16.8 Å². The molecule has 146 valence electrons. The maximum atomic E-state index is 12.7. The molecule has 9 heteroatoms. The van der Waals surface area contributed by atoms with Crippen LogP contribution in [0.2, 0.25) is 0 Å². The molecular weight excluding hydrogens is 376 g/mol. The molecule has 1 saturated heterocycles. The van der Waals surface area contributed by atoms with Crippen molar-refractivity contribution in [3.63, 3.8) is 0 Å². The van der Waals surface area contributed by atoms with E-state index in [9.17, 15) is 9.59 Å². The first-order valence-electron chi connectivity index (χ1n) is 9.38. The first kappa shape index (κ1) is 18.7. The van der Waals surface area contributed by atoms with E-state index in [1.807, 2.05) is 19.1 Å². The Kier molecular flexibility index (Phi) is 5.43. The monoisotopic (exact) mass is 398 g/mol. The minimum Gasteiger partial charge on any atom is -0.346 e. The predicted octanol–water partition coefficient (Wildman–Crippen LogP) is 1.50. The Morgan fingerprint density at radius 2 is 2.07 bits per heavy atom. The normalized spacial score (nSPS) is 20.1. The van der Waals surface area contributed by atoms with E-state index in [2.05, 4.69) is 30.2 Å². The third-order valence-corrected chi connectivity index (χ3v) is 5.93. The summed E-state index contributed by atoms with van der Waals surface area (Å²) >= 11 is 1.56. The van der Waals surface area contributed by atoms with Gasteiger partial charge >= 0.3 is 0 Å². The molecule has 0 spiro atoms. The van der Waals surface area contributed by atoms with Crippen LogP contribution in [0.25, 0.3) is 0 Å². The van der Waals surface area contributed by atoms with Crippen molar-refractivity contribution in [3.8, 4) is 0 Å². The quantitative estimate of drug-likeness (QED) is 0.791. The molecule has 0 saturated carbocycles. The number of hydrogen-bond donors (Lipinski definition) is 2. The van der Waals surface area contributed by atoms with Crippen molar-refractivity contribution in [1.82, 2.24) is 20.3 Å². The van der Waals surface area contributed by atoms with Gasteiger partial charge in [-0.15, -0.1) is 11.8 Å². The third kappa shape index (κ3) is 4.09. The highest BCUT2D eigenvalue weighted by Gasteiger charge is 2.27. The number of pyridine rings is 1. The van der Waals surface area contributed by atoms with E-state index in [0.29, 0.717) is 17.4 Å². The number of anilines is 1. The second-order valence-corrected chi connectivity index (χ2v) is 7.92. The van der Waals surface area contributed by atoms with E-state index in [0.717, 1.165) is 36.5 Å². The summed E-state index contributed by atoms with van der Waals surface area (Å²) in [4.78, 5) is 42.7. The lowest BCUT2D eigenvalue weighted by Crippen LogP contribution is -2.36. The molecule has 0 radical (unpaired) electrons. The number of carbonyl (C=O) groups excluding carboxylic acids is 1. The van der Waals surface area contributed by atoms with Crippen molar-refractivity contribution in [2.24, 2.45) is 4.99 Å². The summed E-state index contributed by atoms with van der Waals surface area (Å²) < 4.78 is 0. The first-order chi connectivity index (χ1) is 13.6. The Balaban J connectivity index is 1.45. The van der Waals surface area contributed by atoms with Crippen LogP contribution >= 0.6 is 11.8 Å². The Bertz CT molecular complexity index is 939. The zero-order valence-electron chi connectivity index (χ0n) is 15.6. The summed E-state index contributed by atoms with van der Waals surface area (Å²) in [6.45, 7) is 3.61. The topological polar surface area (TPSA) is 103 Å². The number of nitrogens with zero attached hydrogens (tertiary/aromatic N) is 4. The maximum absolute atomic E-state index is 12.7. The average molecular weight is 398 g/mol. The van der Waals surface area contributed by atoms with Gasteiger partial charge in [0, 0.05) is 42.9 Å². The molecule has 1 amide bonds. The molecule has 0 aromatic carbocycles. The fourth-order valence-electron chi connectivity index (χ4n) is 3.31. The van der Waals surface area contributed by atoms with E-state index in [1.54, 1.807) is 24.2 Å². The number of aromatic nitrogens is 3. The number of amides is 1. The third-order valence-electron chi connectivity index (χ3n) is 4.84. The smallest absolute Gasteiger partial charge is 0.252 e. The highest BCUT2D eigenvalue weighted by molar-refractivity contribution is 8.14. The SMILES string of the molecule is C[C@H](NC(=O)[C@H]1CSC(c2ccncc2)=N1)c1cc(=O)[nH]c(N2CCCC2)n1. The second-order valence-electron chi connectivity index (χ2n) is 6.92. The van der Waals surface area contributed by atoms with Crippen LogP contribution in [0.5, 0.6) is 0 Å². The highest BCUT2D eigenvalue weighted by Crippen LogP contribution is 2.24. The van der Waals surface area contributed by atoms with E-state index in [-0.39, 0.29) is 17.5 Å². The summed E-state index contributed by atoms with van der Waals surface area (Å²) in [5.41, 5.74) is 1.32. The Morgan fingerprint density at radius 3 is 2.82 bits per heavy atom. The molecule has 1 fully saturated rings. The lowest BCUT2D eigenvalue weighted by atomic mass is 10.2. The van der Waals surface area contributed by atoms with Gasteiger partial charge in [-0.1, -0.05) is 0 Å². The molecule has 4 heterocycles. The summed E-state index contributed by atoms with van der Waals surface area (Å²) in [5, 5.41) is 3.80. The van der Waals surface area contributed by atoms with Crippen LogP contribution in [0.4, 0.5) is 5.95 Å². The minimum absolute atomic E-state index is 0.158. The molecule has 4 rings (SSSR count). The van der Waals surface area contributed by atoms with Crippen LogP contribution < -0.4 is 15.8 Å². The average Bonchev–Trinajstić information content (AvgIpc) is 3.40. The Morgan fingerprint density at radius 1 is 1.32 bits per heavy atom. The van der Waals surface area contributed by atoms with Gasteiger partial charge in [0.2, 0.25) is 11.9 Å². The van der Waals surface area contributed by atoms with Gasteiger partial charge in [-0.25, -0.2) is 4.98 Å². The summed E-state index contributed by atoms with van der Waals surface area (Å²) in [7, 11) is 0. The molecule has 2 atom stereocenters. The summed E-state index contributed by atoms with van der Waals surface area (Å²) in [6, 6.07) is 4.39. The molecule has 8 nitrogen and oxygen atoms in total. The van der Waals surface area contributed by atoms with Gasteiger partial charge in [0.25, 0.3) is 5.56 Å². The predicted molar refractivity (Wildman–Crippen MR) is 110 cm³/mol. The van der Waals surface area contributed by atoms with E-state index < -0.39 is 6.04 Å². The molecule has 2 aliphatic rings. The molecule has 2 aromatic rings. The number of aliphatic imine (C=N–C) groups is 1. The Labute approximate surface area is 166 Å². The molecule has 0 bridgehead atoms. The standard InChI is InChI=1S/C19H22N6O2S/c1-12(14-10-16(26)24-19(23-14)25-8-2-3-9-25)21-17(27)15-11-28-18(22-15)13-4-6-20-7-5-13/h4-7,10,12,15H,2-3,8-9,11H2,1H3,(H,21,27)(H,23,24,26)/t12-,15+/m0/s1. The molecule has 2 aliphatic heterocycles. The fourth-order valence-corrected chi connectivity index (χ4v) is 4.35. The number of nitrogens with one attached hydrogen (secondary N) is 2. The zero-order chi connectivity index (χ0) is 19.5. The molecule has 2 aromatic heterocycles. The van der Waals surface area contributed by atoms with Crippen molar-refractivity contribution >= 4 is 28.7 Å². The van der Waals surface area contributed by atoms with E-state index in [4.69, 9.17) is 0 Å². The van der Waals surface area contributed by atoms with Gasteiger partial charge in [-0.3, -0.25) is 24.5 Å². The van der Waals surface area contributed by atoms with Crippen LogP contribution in [0.3, 0.4) is 0 Å². The Hall–Kier alpha value is -2.68. The van der Waals surface area contributed by atoms with Crippen molar-refractivity contribution in [2.75, 3.05) is 23.7 Å². The zero-order valence-corrected chi connectivity index (χ0v) is 16.4. The van der Waals surface area contributed by atoms with Crippen molar-refractivity contribution < 1.29 is 4.79 Å². The lowest BCUT2D eigenvalue weighted by Gasteiger charge is -2.19. The second kappa shape index (κ2) is 8.14.